The van der Waals surface area contributed by atoms with E-state index >= 15 is 0 Å². The van der Waals surface area contributed by atoms with Crippen molar-refractivity contribution in [3.05, 3.63) is 59.0 Å². The van der Waals surface area contributed by atoms with Gasteiger partial charge in [0, 0.05) is 0 Å². The van der Waals surface area contributed by atoms with Gasteiger partial charge in [-0.1, -0.05) is 6.07 Å². The van der Waals surface area contributed by atoms with Gasteiger partial charge in [0.05, 0.1) is 11.8 Å². The maximum atomic E-state index is 12.6. The van der Waals surface area contributed by atoms with Crippen LogP contribution in [0.15, 0.2) is 41.0 Å². The summed E-state index contributed by atoms with van der Waals surface area (Å²) >= 11 is 0. The Balaban J connectivity index is 2.40. The fraction of sp³-hybridized carbons (Fsp3) is 0.231. The lowest BCUT2D eigenvalue weighted by Crippen LogP contribution is -2.29. The van der Waals surface area contributed by atoms with Crippen LogP contribution in [0.2, 0.25) is 0 Å². The maximum Gasteiger partial charge on any atom is 0.416 e. The first-order chi connectivity index (χ1) is 8.93. The van der Waals surface area contributed by atoms with Gasteiger partial charge in [0.2, 0.25) is 0 Å². The van der Waals surface area contributed by atoms with E-state index in [4.69, 9.17) is 10.3 Å². The monoisotopic (exact) mass is 270 g/mol. The van der Waals surface area contributed by atoms with Crippen molar-refractivity contribution < 1.29 is 17.6 Å². The molecule has 0 aliphatic rings. The fourth-order valence-corrected chi connectivity index (χ4v) is 1.96. The lowest BCUT2D eigenvalue weighted by Gasteiger charge is -2.18. The van der Waals surface area contributed by atoms with Gasteiger partial charge in [0.1, 0.15) is 11.8 Å². The Morgan fingerprint density at radius 3 is 2.47 bits per heavy atom. The molecule has 0 aliphatic carbocycles. The maximum absolute atomic E-state index is 12.6. The third-order valence-electron chi connectivity index (χ3n) is 2.90. The summed E-state index contributed by atoms with van der Waals surface area (Å²) in [7, 11) is 0. The minimum atomic E-state index is -4.35. The van der Waals surface area contributed by atoms with Gasteiger partial charge in [-0.25, -0.2) is 5.43 Å². The summed E-state index contributed by atoms with van der Waals surface area (Å²) in [6.07, 6.45) is -2.86. The summed E-state index contributed by atoms with van der Waals surface area (Å²) in [5.41, 5.74) is 3.01. The van der Waals surface area contributed by atoms with E-state index < -0.39 is 17.8 Å². The van der Waals surface area contributed by atoms with Crippen LogP contribution in [0.1, 0.15) is 28.5 Å². The Bertz CT molecular complexity index is 550. The Morgan fingerprint density at radius 1 is 1.26 bits per heavy atom. The Kier molecular flexibility index (Phi) is 3.64. The average molecular weight is 270 g/mol. The number of hydrogen-bond donors (Lipinski definition) is 2. The topological polar surface area (TPSA) is 51.2 Å². The first kappa shape index (κ1) is 13.6. The van der Waals surface area contributed by atoms with Gasteiger partial charge in [0.25, 0.3) is 0 Å². The number of alkyl halides is 3. The zero-order chi connectivity index (χ0) is 14.0. The van der Waals surface area contributed by atoms with Gasteiger partial charge in [0.15, 0.2) is 0 Å². The third kappa shape index (κ3) is 2.80. The predicted molar refractivity (Wildman–Crippen MR) is 64.1 cm³/mol. The van der Waals surface area contributed by atoms with E-state index in [0.29, 0.717) is 16.9 Å². The quantitative estimate of drug-likeness (QED) is 0.665. The number of nitrogens with two attached hydrogens (primary N) is 1. The average Bonchev–Trinajstić information content (AvgIpc) is 2.84. The van der Waals surface area contributed by atoms with Crippen LogP contribution in [0.3, 0.4) is 0 Å². The minimum absolute atomic E-state index is 0.475. The van der Waals surface area contributed by atoms with Crippen LogP contribution in [-0.2, 0) is 6.18 Å². The molecule has 2 rings (SSSR count). The number of benzene rings is 1. The summed E-state index contributed by atoms with van der Waals surface area (Å²) in [6.45, 7) is 1.61. The first-order valence-corrected chi connectivity index (χ1v) is 5.60. The number of nitrogens with one attached hydrogen (secondary N) is 1. The van der Waals surface area contributed by atoms with E-state index in [2.05, 4.69) is 5.43 Å². The zero-order valence-corrected chi connectivity index (χ0v) is 10.2. The first-order valence-electron chi connectivity index (χ1n) is 5.60. The van der Waals surface area contributed by atoms with Gasteiger partial charge in [-0.2, -0.15) is 13.2 Å². The van der Waals surface area contributed by atoms with Crippen molar-refractivity contribution in [2.45, 2.75) is 19.1 Å². The highest BCUT2D eigenvalue weighted by molar-refractivity contribution is 5.37. The normalized spacial score (nSPS) is 13.5. The number of halogens is 3. The van der Waals surface area contributed by atoms with Crippen LogP contribution in [0.4, 0.5) is 13.2 Å². The van der Waals surface area contributed by atoms with Gasteiger partial charge in [-0.3, -0.25) is 5.84 Å². The SMILES string of the molecule is Cc1cc(C(F)(F)F)ccc1C(NN)c1ccco1. The van der Waals surface area contributed by atoms with E-state index in [0.717, 1.165) is 12.1 Å². The molecule has 102 valence electrons. The molecule has 3 N–H and O–H groups in total. The summed E-state index contributed by atoms with van der Waals surface area (Å²) in [5.74, 6) is 6.00. The van der Waals surface area contributed by atoms with Gasteiger partial charge in [-0.05, 0) is 42.3 Å². The third-order valence-corrected chi connectivity index (χ3v) is 2.90. The van der Waals surface area contributed by atoms with E-state index in [1.165, 1.54) is 12.3 Å². The van der Waals surface area contributed by atoms with Crippen molar-refractivity contribution in [3.63, 3.8) is 0 Å². The number of rotatable bonds is 3. The molecular weight excluding hydrogens is 257 g/mol. The molecule has 0 saturated heterocycles. The molecule has 0 amide bonds. The summed E-state index contributed by atoms with van der Waals surface area (Å²) in [4.78, 5) is 0. The smallest absolute Gasteiger partial charge is 0.416 e. The van der Waals surface area contributed by atoms with E-state index in [1.54, 1.807) is 19.1 Å². The van der Waals surface area contributed by atoms with E-state index in [1.807, 2.05) is 0 Å². The van der Waals surface area contributed by atoms with Gasteiger partial charge in [-0.15, -0.1) is 0 Å². The second-order valence-electron chi connectivity index (χ2n) is 4.18. The minimum Gasteiger partial charge on any atom is -0.467 e. The molecule has 19 heavy (non-hydrogen) atoms. The fourth-order valence-electron chi connectivity index (χ4n) is 1.96. The van der Waals surface area contributed by atoms with Gasteiger partial charge < -0.3 is 4.42 Å². The lowest BCUT2D eigenvalue weighted by molar-refractivity contribution is -0.137. The second-order valence-corrected chi connectivity index (χ2v) is 4.18. The molecule has 0 bridgehead atoms. The summed E-state index contributed by atoms with van der Waals surface area (Å²) in [5, 5.41) is 0. The van der Waals surface area contributed by atoms with Crippen molar-refractivity contribution >= 4 is 0 Å². The van der Waals surface area contributed by atoms with Crippen molar-refractivity contribution in [3.8, 4) is 0 Å². The summed E-state index contributed by atoms with van der Waals surface area (Å²) < 4.78 is 43.0. The van der Waals surface area contributed by atoms with Crippen LogP contribution in [-0.4, -0.2) is 0 Å². The molecule has 0 saturated carbocycles. The van der Waals surface area contributed by atoms with Crippen molar-refractivity contribution in [1.82, 2.24) is 5.43 Å². The highest BCUT2D eigenvalue weighted by Gasteiger charge is 2.31. The Hall–Kier alpha value is -1.79. The lowest BCUT2D eigenvalue weighted by atomic mass is 9.97. The van der Waals surface area contributed by atoms with Crippen molar-refractivity contribution in [1.29, 1.82) is 0 Å². The molecule has 2 aromatic rings. The molecule has 6 heteroatoms. The van der Waals surface area contributed by atoms with Crippen LogP contribution in [0.5, 0.6) is 0 Å². The number of hydrazine groups is 1. The number of aryl methyl sites for hydroxylation is 1. The molecule has 0 spiro atoms. The Morgan fingerprint density at radius 2 is 2.00 bits per heavy atom. The zero-order valence-electron chi connectivity index (χ0n) is 10.2. The van der Waals surface area contributed by atoms with Gasteiger partial charge >= 0.3 is 6.18 Å². The molecule has 1 aromatic carbocycles. The van der Waals surface area contributed by atoms with Crippen LogP contribution in [0, 0.1) is 6.92 Å². The second kappa shape index (κ2) is 5.07. The predicted octanol–water partition coefficient (Wildman–Crippen LogP) is 3.16. The van der Waals surface area contributed by atoms with E-state index in [-0.39, 0.29) is 0 Å². The molecule has 0 fully saturated rings. The molecular formula is C13H13F3N2O. The molecule has 3 nitrogen and oxygen atoms in total. The van der Waals surface area contributed by atoms with Crippen molar-refractivity contribution in [2.24, 2.45) is 5.84 Å². The van der Waals surface area contributed by atoms with Crippen molar-refractivity contribution in [2.75, 3.05) is 0 Å². The Labute approximate surface area is 108 Å². The van der Waals surface area contributed by atoms with E-state index in [9.17, 15) is 13.2 Å². The molecule has 1 aromatic heterocycles. The van der Waals surface area contributed by atoms with Crippen LogP contribution >= 0.6 is 0 Å². The molecule has 1 atom stereocenters. The highest BCUT2D eigenvalue weighted by Crippen LogP contribution is 2.32. The van der Waals surface area contributed by atoms with Crippen LogP contribution in [0.25, 0.3) is 0 Å². The number of furan rings is 1. The standard InChI is InChI=1S/C13H13F3N2O/c1-8-7-9(13(14,15)16)4-5-10(8)12(18-17)11-3-2-6-19-11/h2-7,12,18H,17H2,1H3. The molecule has 0 aliphatic heterocycles. The number of hydrogen-bond acceptors (Lipinski definition) is 3. The largest absolute Gasteiger partial charge is 0.467 e. The molecule has 1 heterocycles. The highest BCUT2D eigenvalue weighted by atomic mass is 19.4. The van der Waals surface area contributed by atoms with Crippen LogP contribution < -0.4 is 11.3 Å². The molecule has 0 radical (unpaired) electrons. The summed E-state index contributed by atoms with van der Waals surface area (Å²) in [6, 6.07) is 6.47. The molecule has 1 unspecified atom stereocenters.